The van der Waals surface area contributed by atoms with Gasteiger partial charge < -0.3 is 15.6 Å². The first-order chi connectivity index (χ1) is 12.4. The molecule has 6 nitrogen and oxygen atoms in total. The molecule has 1 atom stereocenters. The molecule has 0 amide bonds. The van der Waals surface area contributed by atoms with Gasteiger partial charge in [-0.1, -0.05) is 18.2 Å². The molecule has 0 saturated carbocycles. The second-order valence-corrected chi connectivity index (χ2v) is 6.56. The second-order valence-electron chi connectivity index (χ2n) is 6.56. The van der Waals surface area contributed by atoms with Crippen LogP contribution in [0.3, 0.4) is 0 Å². The van der Waals surface area contributed by atoms with Crippen molar-refractivity contribution in [2.24, 2.45) is 0 Å². The van der Waals surface area contributed by atoms with Crippen molar-refractivity contribution in [1.29, 1.82) is 0 Å². The average Bonchev–Trinajstić information content (AvgIpc) is 3.29. The Kier molecular flexibility index (Phi) is 3.41. The molecule has 5 rings (SSSR count). The number of nitrogens with zero attached hydrogens (tertiary/aromatic N) is 3. The van der Waals surface area contributed by atoms with Gasteiger partial charge >= 0.3 is 0 Å². The predicted molar refractivity (Wildman–Crippen MR) is 99.8 cm³/mol. The van der Waals surface area contributed by atoms with Crippen molar-refractivity contribution in [3.05, 3.63) is 48.8 Å². The minimum absolute atomic E-state index is 0.373. The Morgan fingerprint density at radius 2 is 2.12 bits per heavy atom. The van der Waals surface area contributed by atoms with Gasteiger partial charge in [0.05, 0.1) is 5.52 Å². The third-order valence-electron chi connectivity index (χ3n) is 4.87. The molecule has 1 fully saturated rings. The number of fused-ring (bicyclic) bond motifs is 2. The summed E-state index contributed by atoms with van der Waals surface area (Å²) < 4.78 is 1.91. The van der Waals surface area contributed by atoms with Crippen LogP contribution in [0.4, 0.5) is 5.95 Å². The van der Waals surface area contributed by atoms with Crippen molar-refractivity contribution in [2.45, 2.75) is 18.9 Å². The van der Waals surface area contributed by atoms with E-state index in [-0.39, 0.29) is 0 Å². The van der Waals surface area contributed by atoms with E-state index >= 15 is 0 Å². The fourth-order valence-electron chi connectivity index (χ4n) is 3.62. The number of aromatic amines is 1. The topological polar surface area (TPSA) is 70.0 Å². The first-order valence-electron chi connectivity index (χ1n) is 8.77. The van der Waals surface area contributed by atoms with Crippen molar-refractivity contribution in [2.75, 3.05) is 18.4 Å². The van der Waals surface area contributed by atoms with Gasteiger partial charge in [-0.3, -0.25) is 0 Å². The van der Waals surface area contributed by atoms with Gasteiger partial charge in [0.2, 0.25) is 5.95 Å². The lowest BCUT2D eigenvalue weighted by Crippen LogP contribution is -2.39. The van der Waals surface area contributed by atoms with Crippen LogP contribution in [-0.2, 0) is 0 Å². The quantitative estimate of drug-likeness (QED) is 0.539. The van der Waals surface area contributed by atoms with Crippen LogP contribution in [0.5, 0.6) is 0 Å². The molecule has 1 aromatic carbocycles. The van der Waals surface area contributed by atoms with E-state index in [1.807, 2.05) is 29.0 Å². The van der Waals surface area contributed by atoms with E-state index in [1.165, 1.54) is 11.8 Å². The maximum Gasteiger partial charge on any atom is 0.241 e. The number of H-pyrrole nitrogens is 1. The number of hydrogen-bond donors (Lipinski definition) is 3. The van der Waals surface area contributed by atoms with Gasteiger partial charge in [0.15, 0.2) is 0 Å². The minimum Gasteiger partial charge on any atom is -0.360 e. The number of hydrogen-bond acceptors (Lipinski definition) is 4. The third kappa shape index (κ3) is 2.55. The molecule has 6 heteroatoms. The van der Waals surface area contributed by atoms with E-state index in [9.17, 15) is 0 Å². The van der Waals surface area contributed by atoms with E-state index in [2.05, 4.69) is 45.0 Å². The standard InChI is InChI=1S/C19H20N6/c1-2-7-16-14(6-1)15(12-21-16)18-17-8-4-10-25(17)24-19(23-18)22-13-5-3-9-20-11-13/h1-2,4,6-8,10,12-13,20-21H,3,5,9,11H2,(H,22,24)/t13-/m1/s1. The van der Waals surface area contributed by atoms with E-state index < -0.39 is 0 Å². The summed E-state index contributed by atoms with van der Waals surface area (Å²) in [6, 6.07) is 12.7. The molecule has 0 bridgehead atoms. The number of nitrogens with one attached hydrogen (secondary N) is 3. The van der Waals surface area contributed by atoms with E-state index in [0.29, 0.717) is 12.0 Å². The van der Waals surface area contributed by atoms with Crippen molar-refractivity contribution in [1.82, 2.24) is 24.9 Å². The molecule has 3 aromatic heterocycles. The van der Waals surface area contributed by atoms with Crippen LogP contribution in [0.25, 0.3) is 27.7 Å². The van der Waals surface area contributed by atoms with Crippen LogP contribution in [0.15, 0.2) is 48.8 Å². The number of aromatic nitrogens is 4. The summed E-state index contributed by atoms with van der Waals surface area (Å²) in [6.45, 7) is 2.05. The molecule has 1 aliphatic heterocycles. The smallest absolute Gasteiger partial charge is 0.241 e. The summed E-state index contributed by atoms with van der Waals surface area (Å²) in [6.07, 6.45) is 6.33. The summed E-state index contributed by atoms with van der Waals surface area (Å²) in [5.74, 6) is 0.678. The minimum atomic E-state index is 0.373. The van der Waals surface area contributed by atoms with Gasteiger partial charge in [-0.05, 0) is 37.6 Å². The predicted octanol–water partition coefficient (Wildman–Crippen LogP) is 3.04. The Hall–Kier alpha value is -2.86. The number of para-hydroxylation sites is 1. The Balaban J connectivity index is 1.62. The first-order valence-corrected chi connectivity index (χ1v) is 8.77. The summed E-state index contributed by atoms with van der Waals surface area (Å²) in [5.41, 5.74) is 4.18. The fourth-order valence-corrected chi connectivity index (χ4v) is 3.62. The lowest BCUT2D eigenvalue weighted by molar-refractivity contribution is 0.477. The van der Waals surface area contributed by atoms with Crippen LogP contribution >= 0.6 is 0 Å². The molecule has 0 radical (unpaired) electrons. The van der Waals surface area contributed by atoms with Crippen LogP contribution in [-0.4, -0.2) is 38.7 Å². The SMILES string of the molecule is c1ccc2c(-c3nc(N[C@@H]4CCCNC4)nn4cccc34)c[nH]c2c1. The fraction of sp³-hybridized carbons (Fsp3) is 0.263. The van der Waals surface area contributed by atoms with Crippen LogP contribution in [0, 0.1) is 0 Å². The van der Waals surface area contributed by atoms with E-state index in [0.717, 1.165) is 41.8 Å². The van der Waals surface area contributed by atoms with Gasteiger partial charge in [-0.15, -0.1) is 5.10 Å². The summed E-state index contributed by atoms with van der Waals surface area (Å²) >= 11 is 0. The normalized spacial score (nSPS) is 18.0. The van der Waals surface area contributed by atoms with E-state index in [1.54, 1.807) is 0 Å². The Morgan fingerprint density at radius 3 is 3.04 bits per heavy atom. The van der Waals surface area contributed by atoms with Gasteiger partial charge in [0.1, 0.15) is 5.69 Å². The molecule has 0 spiro atoms. The molecule has 3 N–H and O–H groups in total. The van der Waals surface area contributed by atoms with Gasteiger partial charge in [-0.2, -0.15) is 0 Å². The summed E-state index contributed by atoms with van der Waals surface area (Å²) in [5, 5.41) is 12.7. The monoisotopic (exact) mass is 332 g/mol. The maximum absolute atomic E-state index is 4.87. The molecule has 0 unspecified atom stereocenters. The van der Waals surface area contributed by atoms with Gasteiger partial charge in [-0.25, -0.2) is 9.50 Å². The maximum atomic E-state index is 4.87. The van der Waals surface area contributed by atoms with Crippen LogP contribution in [0.2, 0.25) is 0 Å². The Morgan fingerprint density at radius 1 is 1.16 bits per heavy atom. The zero-order valence-electron chi connectivity index (χ0n) is 13.9. The molecule has 1 aliphatic rings. The molecule has 126 valence electrons. The van der Waals surface area contributed by atoms with Crippen molar-refractivity contribution >= 4 is 22.4 Å². The largest absolute Gasteiger partial charge is 0.360 e. The molecule has 25 heavy (non-hydrogen) atoms. The average molecular weight is 332 g/mol. The summed E-state index contributed by atoms with van der Waals surface area (Å²) in [4.78, 5) is 8.21. The first kappa shape index (κ1) is 14.5. The van der Waals surface area contributed by atoms with Crippen molar-refractivity contribution in [3.8, 4) is 11.3 Å². The lowest BCUT2D eigenvalue weighted by atomic mass is 10.1. The third-order valence-corrected chi connectivity index (χ3v) is 4.87. The van der Waals surface area contributed by atoms with E-state index in [4.69, 9.17) is 4.98 Å². The second kappa shape index (κ2) is 5.89. The number of anilines is 1. The number of rotatable bonds is 3. The lowest BCUT2D eigenvalue weighted by Gasteiger charge is -2.23. The highest BCUT2D eigenvalue weighted by Crippen LogP contribution is 2.30. The van der Waals surface area contributed by atoms with Gasteiger partial charge in [0, 0.05) is 41.4 Å². The molecule has 1 saturated heterocycles. The van der Waals surface area contributed by atoms with Crippen LogP contribution in [0.1, 0.15) is 12.8 Å². The Bertz CT molecular complexity index is 1020. The highest BCUT2D eigenvalue weighted by molar-refractivity contribution is 5.98. The molecule has 4 aromatic rings. The zero-order chi connectivity index (χ0) is 16.6. The highest BCUT2D eigenvalue weighted by atomic mass is 15.3. The highest BCUT2D eigenvalue weighted by Gasteiger charge is 2.17. The summed E-state index contributed by atoms with van der Waals surface area (Å²) in [7, 11) is 0. The number of piperidine rings is 1. The molecule has 0 aliphatic carbocycles. The van der Waals surface area contributed by atoms with Gasteiger partial charge in [0.25, 0.3) is 0 Å². The van der Waals surface area contributed by atoms with Crippen molar-refractivity contribution < 1.29 is 0 Å². The van der Waals surface area contributed by atoms with Crippen LogP contribution < -0.4 is 10.6 Å². The molecular formula is C19H20N6. The molecular weight excluding hydrogens is 312 g/mol. The van der Waals surface area contributed by atoms with Crippen molar-refractivity contribution in [3.63, 3.8) is 0 Å². The Labute approximate surface area is 145 Å². The molecule has 4 heterocycles. The zero-order valence-corrected chi connectivity index (χ0v) is 13.9. The number of benzene rings is 1.